The lowest BCUT2D eigenvalue weighted by Crippen LogP contribution is -2.29. The zero-order valence-electron chi connectivity index (χ0n) is 14.2. The number of rotatable bonds is 4. The molecule has 0 aliphatic carbocycles. The second-order valence-electron chi connectivity index (χ2n) is 6.37. The van der Waals surface area contributed by atoms with E-state index in [2.05, 4.69) is 15.3 Å². The van der Waals surface area contributed by atoms with Gasteiger partial charge in [-0.2, -0.15) is 5.10 Å². The number of hydrogen-bond acceptors (Lipinski definition) is 3. The first-order valence-corrected chi connectivity index (χ1v) is 8.57. The number of carbonyl (C=O) groups excluding carboxylic acids is 1. The van der Waals surface area contributed by atoms with Crippen LogP contribution in [0.25, 0.3) is 0 Å². The average molecular weight is 350 g/mol. The van der Waals surface area contributed by atoms with E-state index in [0.29, 0.717) is 25.2 Å². The Morgan fingerprint density at radius 3 is 2.69 bits per heavy atom. The summed E-state index contributed by atoms with van der Waals surface area (Å²) in [5.74, 6) is -0.270. The minimum Gasteiger partial charge on any atom is -0.365 e. The summed E-state index contributed by atoms with van der Waals surface area (Å²) < 4.78 is 14.9. The molecule has 0 atom stereocenters. The highest BCUT2D eigenvalue weighted by atomic mass is 19.1. The lowest BCUT2D eigenvalue weighted by molar-refractivity contribution is 0.0958. The first-order chi connectivity index (χ1) is 12.7. The maximum Gasteiger partial charge on any atom is 0.253 e. The number of fused-ring (bicyclic) bond motifs is 1. The van der Waals surface area contributed by atoms with Crippen molar-refractivity contribution in [2.75, 3.05) is 18.0 Å². The summed E-state index contributed by atoms with van der Waals surface area (Å²) in [6.45, 7) is 2.62. The van der Waals surface area contributed by atoms with E-state index in [4.69, 9.17) is 0 Å². The van der Waals surface area contributed by atoms with Gasteiger partial charge in [0.15, 0.2) is 0 Å². The molecule has 1 aliphatic rings. The van der Waals surface area contributed by atoms with Crippen LogP contribution in [0.5, 0.6) is 0 Å². The molecular formula is C20H19FN4O. The summed E-state index contributed by atoms with van der Waals surface area (Å²) in [5.41, 5.74) is 3.70. The Morgan fingerprint density at radius 2 is 1.85 bits per heavy atom. The minimum absolute atomic E-state index is 0.0323. The maximum atomic E-state index is 13.0. The lowest BCUT2D eigenvalue weighted by Gasteiger charge is -2.23. The molecule has 4 rings (SSSR count). The fraction of sp³-hybridized carbons (Fsp3) is 0.200. The highest BCUT2D eigenvalue weighted by Crippen LogP contribution is 2.23. The first kappa shape index (κ1) is 16.3. The van der Waals surface area contributed by atoms with Gasteiger partial charge in [-0.3, -0.25) is 9.48 Å². The van der Waals surface area contributed by atoms with Gasteiger partial charge in [-0.25, -0.2) is 4.39 Å². The van der Waals surface area contributed by atoms with Gasteiger partial charge < -0.3 is 10.2 Å². The topological polar surface area (TPSA) is 50.2 Å². The number of benzene rings is 2. The van der Waals surface area contributed by atoms with E-state index >= 15 is 0 Å². The van der Waals surface area contributed by atoms with Crippen LogP contribution in [0.1, 0.15) is 21.5 Å². The van der Waals surface area contributed by atoms with Gasteiger partial charge >= 0.3 is 0 Å². The molecule has 0 saturated carbocycles. The number of amides is 1. The highest BCUT2D eigenvalue weighted by Gasteiger charge is 2.20. The Kier molecular flexibility index (Phi) is 4.39. The van der Waals surface area contributed by atoms with Gasteiger partial charge in [0.05, 0.1) is 18.3 Å². The van der Waals surface area contributed by atoms with Crippen LogP contribution in [-0.4, -0.2) is 28.8 Å². The van der Waals surface area contributed by atoms with Crippen molar-refractivity contribution in [1.82, 2.24) is 15.1 Å². The van der Waals surface area contributed by atoms with Gasteiger partial charge in [0.1, 0.15) is 5.82 Å². The van der Waals surface area contributed by atoms with Crippen LogP contribution in [-0.2, 0) is 13.1 Å². The van der Waals surface area contributed by atoms with Crippen LogP contribution < -0.4 is 10.2 Å². The number of para-hydroxylation sites is 1. The molecule has 1 aliphatic heterocycles. The van der Waals surface area contributed by atoms with Gasteiger partial charge in [0, 0.05) is 37.1 Å². The normalized spacial score (nSPS) is 13.9. The summed E-state index contributed by atoms with van der Waals surface area (Å²) >= 11 is 0. The molecule has 6 heteroatoms. The molecule has 0 saturated heterocycles. The van der Waals surface area contributed by atoms with E-state index < -0.39 is 0 Å². The van der Waals surface area contributed by atoms with Crippen molar-refractivity contribution in [2.45, 2.75) is 13.1 Å². The Morgan fingerprint density at radius 1 is 1.04 bits per heavy atom. The summed E-state index contributed by atoms with van der Waals surface area (Å²) in [6.07, 6.45) is 3.83. The van der Waals surface area contributed by atoms with E-state index in [0.717, 1.165) is 23.4 Å². The third-order valence-electron chi connectivity index (χ3n) is 4.47. The Hall–Kier alpha value is -3.15. The second kappa shape index (κ2) is 7.00. The van der Waals surface area contributed by atoms with Crippen LogP contribution in [0.4, 0.5) is 10.1 Å². The molecule has 2 heterocycles. The summed E-state index contributed by atoms with van der Waals surface area (Å²) in [7, 11) is 0. The van der Waals surface area contributed by atoms with Gasteiger partial charge in [-0.1, -0.05) is 24.3 Å². The van der Waals surface area contributed by atoms with Crippen molar-refractivity contribution in [3.8, 4) is 0 Å². The Balaban J connectivity index is 1.51. The molecule has 1 N–H and O–H groups in total. The molecule has 0 radical (unpaired) electrons. The zero-order chi connectivity index (χ0) is 17.9. The standard InChI is InChI=1S/C20H19FN4O/c21-17-7-5-15(6-8-17)13-25-14-16(11-23-25)12-24-10-9-22-20(26)18-3-1-2-4-19(18)24/h1-8,11,14H,9-10,12-13H2,(H,22,26). The number of anilines is 1. The van der Waals surface area contributed by atoms with Crippen LogP contribution >= 0.6 is 0 Å². The van der Waals surface area contributed by atoms with Gasteiger partial charge in [-0.15, -0.1) is 0 Å². The molecule has 0 bridgehead atoms. The molecule has 26 heavy (non-hydrogen) atoms. The summed E-state index contributed by atoms with van der Waals surface area (Å²) in [6, 6.07) is 14.1. The van der Waals surface area contributed by atoms with Crippen molar-refractivity contribution in [3.63, 3.8) is 0 Å². The molecule has 5 nitrogen and oxygen atoms in total. The van der Waals surface area contributed by atoms with Crippen molar-refractivity contribution < 1.29 is 9.18 Å². The third kappa shape index (κ3) is 3.44. The van der Waals surface area contributed by atoms with E-state index in [1.54, 1.807) is 12.1 Å². The SMILES string of the molecule is O=C1NCCN(Cc2cnn(Cc3ccc(F)cc3)c2)c2ccccc21. The quantitative estimate of drug-likeness (QED) is 0.787. The second-order valence-corrected chi connectivity index (χ2v) is 6.37. The van der Waals surface area contributed by atoms with E-state index in [9.17, 15) is 9.18 Å². The van der Waals surface area contributed by atoms with Gasteiger partial charge in [-0.05, 0) is 29.8 Å². The fourth-order valence-corrected chi connectivity index (χ4v) is 3.20. The van der Waals surface area contributed by atoms with Crippen LogP contribution in [0.3, 0.4) is 0 Å². The molecule has 0 spiro atoms. The van der Waals surface area contributed by atoms with Crippen molar-refractivity contribution in [2.24, 2.45) is 0 Å². The molecule has 1 aromatic heterocycles. The van der Waals surface area contributed by atoms with Crippen molar-refractivity contribution >= 4 is 11.6 Å². The summed E-state index contributed by atoms with van der Waals surface area (Å²) in [5, 5.41) is 7.33. The van der Waals surface area contributed by atoms with Gasteiger partial charge in [0.2, 0.25) is 0 Å². The zero-order valence-corrected chi connectivity index (χ0v) is 14.2. The molecule has 1 amide bonds. The summed E-state index contributed by atoms with van der Waals surface area (Å²) in [4.78, 5) is 14.3. The van der Waals surface area contributed by atoms with Crippen LogP contribution in [0.15, 0.2) is 60.9 Å². The third-order valence-corrected chi connectivity index (χ3v) is 4.47. The van der Waals surface area contributed by atoms with Gasteiger partial charge in [0.25, 0.3) is 5.91 Å². The van der Waals surface area contributed by atoms with E-state index in [1.165, 1.54) is 12.1 Å². The van der Waals surface area contributed by atoms with Crippen LogP contribution in [0, 0.1) is 5.82 Å². The smallest absolute Gasteiger partial charge is 0.253 e. The number of halogens is 1. The Bertz CT molecular complexity index is 920. The Labute approximate surface area is 151 Å². The molecule has 3 aromatic rings. The monoisotopic (exact) mass is 350 g/mol. The molecule has 2 aromatic carbocycles. The fourth-order valence-electron chi connectivity index (χ4n) is 3.20. The number of carbonyl (C=O) groups is 1. The average Bonchev–Trinajstić information content (AvgIpc) is 3.03. The lowest BCUT2D eigenvalue weighted by atomic mass is 10.1. The molecule has 0 unspecified atom stereocenters. The highest BCUT2D eigenvalue weighted by molar-refractivity contribution is 6.00. The molecular weight excluding hydrogens is 331 g/mol. The largest absolute Gasteiger partial charge is 0.365 e. The molecule has 0 fully saturated rings. The number of hydrogen-bond donors (Lipinski definition) is 1. The van der Waals surface area contributed by atoms with Crippen LogP contribution in [0.2, 0.25) is 0 Å². The first-order valence-electron chi connectivity index (χ1n) is 8.57. The maximum absolute atomic E-state index is 13.0. The van der Waals surface area contributed by atoms with Crippen molar-refractivity contribution in [3.05, 3.63) is 83.4 Å². The number of nitrogens with one attached hydrogen (secondary N) is 1. The van der Waals surface area contributed by atoms with E-state index in [-0.39, 0.29) is 11.7 Å². The predicted molar refractivity (Wildman–Crippen MR) is 97.6 cm³/mol. The van der Waals surface area contributed by atoms with Crippen molar-refractivity contribution in [1.29, 1.82) is 0 Å². The number of aromatic nitrogens is 2. The van der Waals surface area contributed by atoms with E-state index in [1.807, 2.05) is 41.3 Å². The minimum atomic E-state index is -0.238. The number of nitrogens with zero attached hydrogens (tertiary/aromatic N) is 3. The molecule has 132 valence electrons. The predicted octanol–water partition coefficient (Wildman–Crippen LogP) is 2.82.